The Morgan fingerprint density at radius 1 is 1.17 bits per heavy atom. The number of nitrogens with one attached hydrogen (secondary N) is 1. The van der Waals surface area contributed by atoms with E-state index < -0.39 is 6.58 Å². The highest BCUT2D eigenvalue weighted by molar-refractivity contribution is 6.03. The molecule has 8 heteroatoms. The molecule has 1 saturated heterocycles. The van der Waals surface area contributed by atoms with E-state index in [1.165, 1.54) is 31.5 Å². The van der Waals surface area contributed by atoms with Crippen molar-refractivity contribution in [3.63, 3.8) is 0 Å². The summed E-state index contributed by atoms with van der Waals surface area (Å²) in [5.74, 6) is 0.501. The van der Waals surface area contributed by atoms with Crippen LogP contribution in [0.15, 0.2) is 24.3 Å². The Morgan fingerprint density at radius 3 is 2.57 bits per heavy atom. The highest BCUT2D eigenvalue weighted by Crippen LogP contribution is 2.34. The van der Waals surface area contributed by atoms with E-state index in [0.29, 0.717) is 24.5 Å². The fourth-order valence-electron chi connectivity index (χ4n) is 3.83. The third-order valence-corrected chi connectivity index (χ3v) is 5.39. The molecule has 3 N–H and O–H groups in total. The van der Waals surface area contributed by atoms with E-state index in [2.05, 4.69) is 44.5 Å². The number of anilines is 3. The average Bonchev–Trinajstić information content (AvgIpc) is 3.23. The average molecular weight is 412 g/mol. The molecule has 0 spiro atoms. The lowest BCUT2D eigenvalue weighted by atomic mass is 10.1. The van der Waals surface area contributed by atoms with E-state index in [4.69, 9.17) is 11.8 Å². The molecule has 0 bridgehead atoms. The van der Waals surface area contributed by atoms with E-state index >= 15 is 0 Å². The van der Waals surface area contributed by atoms with E-state index in [1.807, 2.05) is 11.8 Å². The monoisotopic (exact) mass is 411 g/mol. The molecule has 1 fully saturated rings. The van der Waals surface area contributed by atoms with Gasteiger partial charge in [-0.2, -0.15) is 9.97 Å². The van der Waals surface area contributed by atoms with E-state index in [0.717, 1.165) is 18.5 Å². The third kappa shape index (κ3) is 4.81. The molecular formula is C22H30N6O2. The van der Waals surface area contributed by atoms with Crippen molar-refractivity contribution in [2.75, 3.05) is 42.2 Å². The SMILES string of the molecule is [2H][C@H](CCC)Oc1nc(N)c2c(n1)N(Cc1ccc(CN3CCCC3)cc1)CC(=O)N2. The van der Waals surface area contributed by atoms with Gasteiger partial charge in [-0.15, -0.1) is 0 Å². The van der Waals surface area contributed by atoms with Gasteiger partial charge in [0.15, 0.2) is 11.6 Å². The number of nitrogens with two attached hydrogens (primary N) is 1. The van der Waals surface area contributed by atoms with Crippen molar-refractivity contribution in [3.05, 3.63) is 35.4 Å². The number of amides is 1. The number of nitrogen functional groups attached to an aromatic ring is 1. The summed E-state index contributed by atoms with van der Waals surface area (Å²) in [7, 11) is 0. The summed E-state index contributed by atoms with van der Waals surface area (Å²) in [5.41, 5.74) is 8.84. The third-order valence-electron chi connectivity index (χ3n) is 5.39. The minimum atomic E-state index is -0.753. The Labute approximate surface area is 178 Å². The van der Waals surface area contributed by atoms with E-state index in [9.17, 15) is 4.79 Å². The maximum Gasteiger partial charge on any atom is 0.320 e. The Morgan fingerprint density at radius 2 is 1.87 bits per heavy atom. The van der Waals surface area contributed by atoms with Crippen LogP contribution in [0.2, 0.25) is 0 Å². The van der Waals surface area contributed by atoms with E-state index in [1.54, 1.807) is 0 Å². The summed E-state index contributed by atoms with van der Waals surface area (Å²) in [4.78, 5) is 25.2. The van der Waals surface area contributed by atoms with Gasteiger partial charge in [-0.1, -0.05) is 37.6 Å². The molecular weight excluding hydrogens is 380 g/mol. The molecule has 1 amide bonds. The van der Waals surface area contributed by atoms with Crippen LogP contribution in [0, 0.1) is 0 Å². The number of aromatic nitrogens is 2. The topological polar surface area (TPSA) is 96.6 Å². The van der Waals surface area contributed by atoms with Crippen LogP contribution in [0.1, 0.15) is 45.1 Å². The van der Waals surface area contributed by atoms with Crippen LogP contribution in [0.4, 0.5) is 17.3 Å². The number of rotatable bonds is 8. The minimum absolute atomic E-state index is 0.0619. The Balaban J connectivity index is 1.51. The van der Waals surface area contributed by atoms with Gasteiger partial charge in [-0.3, -0.25) is 9.69 Å². The fourth-order valence-corrected chi connectivity index (χ4v) is 3.83. The van der Waals surface area contributed by atoms with Crippen molar-refractivity contribution in [3.8, 4) is 6.01 Å². The van der Waals surface area contributed by atoms with Crippen molar-refractivity contribution < 1.29 is 10.9 Å². The van der Waals surface area contributed by atoms with E-state index in [-0.39, 0.29) is 24.3 Å². The van der Waals surface area contributed by atoms with Crippen molar-refractivity contribution in [2.24, 2.45) is 0 Å². The minimum Gasteiger partial charge on any atom is -0.463 e. The molecule has 0 aliphatic carbocycles. The summed E-state index contributed by atoms with van der Waals surface area (Å²) < 4.78 is 13.5. The quantitative estimate of drug-likeness (QED) is 0.689. The number of hydrogen-bond donors (Lipinski definition) is 2. The van der Waals surface area contributed by atoms with Crippen LogP contribution in [-0.2, 0) is 17.9 Å². The van der Waals surface area contributed by atoms with Gasteiger partial charge in [0, 0.05) is 13.1 Å². The summed E-state index contributed by atoms with van der Waals surface area (Å²) in [6.07, 6.45) is 3.96. The second-order valence-corrected chi connectivity index (χ2v) is 7.87. The molecule has 8 nitrogen and oxygen atoms in total. The van der Waals surface area contributed by atoms with Crippen molar-refractivity contribution >= 4 is 23.2 Å². The highest BCUT2D eigenvalue weighted by Gasteiger charge is 2.27. The molecule has 3 heterocycles. The first-order chi connectivity index (χ1) is 15.0. The first-order valence-corrected chi connectivity index (χ1v) is 10.6. The van der Waals surface area contributed by atoms with Gasteiger partial charge < -0.3 is 20.7 Å². The lowest BCUT2D eigenvalue weighted by molar-refractivity contribution is -0.115. The van der Waals surface area contributed by atoms with Crippen LogP contribution in [0.3, 0.4) is 0 Å². The Bertz CT molecular complexity index is 917. The van der Waals surface area contributed by atoms with Gasteiger partial charge in [-0.25, -0.2) is 0 Å². The number of hydrogen-bond acceptors (Lipinski definition) is 7. The second kappa shape index (κ2) is 9.30. The first kappa shape index (κ1) is 19.1. The van der Waals surface area contributed by atoms with Crippen LogP contribution in [0.5, 0.6) is 6.01 Å². The summed E-state index contributed by atoms with van der Waals surface area (Å²) in [6, 6.07) is 8.56. The molecule has 160 valence electrons. The lowest BCUT2D eigenvalue weighted by Crippen LogP contribution is -2.39. The smallest absolute Gasteiger partial charge is 0.320 e. The summed E-state index contributed by atoms with van der Waals surface area (Å²) in [5, 5.41) is 2.76. The predicted molar refractivity (Wildman–Crippen MR) is 117 cm³/mol. The molecule has 0 saturated carbocycles. The molecule has 30 heavy (non-hydrogen) atoms. The first-order valence-electron chi connectivity index (χ1n) is 11.2. The lowest BCUT2D eigenvalue weighted by Gasteiger charge is -2.30. The summed E-state index contributed by atoms with van der Waals surface area (Å²) in [6.45, 7) is 5.23. The van der Waals surface area contributed by atoms with Gasteiger partial charge in [-0.05, 0) is 43.5 Å². The van der Waals surface area contributed by atoms with Crippen LogP contribution < -0.4 is 20.7 Å². The standard InChI is InChI=1S/C22H30N6O2/c1-2-3-12-30-22-25-20(23)19-21(26-22)28(15-18(29)24-19)14-17-8-6-16(7-9-17)13-27-10-4-5-11-27/h6-9H,2-5,10-15H2,1H3,(H,24,29)(H2,23,25,26)/i12D/t12-/m1/s1. The molecule has 2 aliphatic rings. The van der Waals surface area contributed by atoms with Crippen molar-refractivity contribution in [1.29, 1.82) is 0 Å². The van der Waals surface area contributed by atoms with Gasteiger partial charge in [0.05, 0.1) is 14.5 Å². The van der Waals surface area contributed by atoms with Crippen molar-refractivity contribution in [1.82, 2.24) is 14.9 Å². The molecule has 1 aromatic heterocycles. The number of carbonyl (C=O) groups is 1. The van der Waals surface area contributed by atoms with Gasteiger partial charge in [0.1, 0.15) is 5.69 Å². The maximum atomic E-state index is 12.2. The zero-order valence-electron chi connectivity index (χ0n) is 18.4. The molecule has 1 aromatic carbocycles. The number of benzene rings is 1. The number of fused-ring (bicyclic) bond motifs is 1. The molecule has 0 unspecified atom stereocenters. The second-order valence-electron chi connectivity index (χ2n) is 7.87. The Hall–Kier alpha value is -2.87. The zero-order chi connectivity index (χ0) is 21.8. The number of carbonyl (C=O) groups excluding carboxylic acids is 1. The molecule has 1 atom stereocenters. The maximum absolute atomic E-state index is 12.2. The number of ether oxygens (including phenoxy) is 1. The van der Waals surface area contributed by atoms with Gasteiger partial charge in [0.2, 0.25) is 5.91 Å². The fraction of sp³-hybridized carbons (Fsp3) is 0.500. The van der Waals surface area contributed by atoms with Crippen LogP contribution >= 0.6 is 0 Å². The largest absolute Gasteiger partial charge is 0.463 e. The van der Waals surface area contributed by atoms with Crippen molar-refractivity contribution in [2.45, 2.75) is 45.7 Å². The molecule has 0 radical (unpaired) electrons. The molecule has 2 aromatic rings. The predicted octanol–water partition coefficient (Wildman–Crippen LogP) is 2.79. The van der Waals surface area contributed by atoms with Gasteiger partial charge >= 0.3 is 6.01 Å². The normalized spacial score (nSPS) is 18.0. The molecule has 2 aliphatic heterocycles. The zero-order valence-corrected chi connectivity index (χ0v) is 17.4. The van der Waals surface area contributed by atoms with Crippen LogP contribution in [0.25, 0.3) is 0 Å². The Kier molecular flexibility index (Phi) is 5.92. The molecule has 4 rings (SSSR count). The number of likely N-dealkylation sites (tertiary alicyclic amines) is 1. The van der Waals surface area contributed by atoms with Gasteiger partial charge in [0.25, 0.3) is 0 Å². The van der Waals surface area contributed by atoms with Crippen LogP contribution in [-0.4, -0.2) is 47.0 Å². The summed E-state index contributed by atoms with van der Waals surface area (Å²) >= 11 is 0. The number of nitrogens with zero attached hydrogens (tertiary/aromatic N) is 4. The highest BCUT2D eigenvalue weighted by atomic mass is 16.5.